The monoisotopic (exact) mass is 372 g/mol. The van der Waals surface area contributed by atoms with Gasteiger partial charge < -0.3 is 10.1 Å². The Morgan fingerprint density at radius 3 is 2.46 bits per heavy atom. The van der Waals surface area contributed by atoms with E-state index in [0.29, 0.717) is 28.1 Å². The van der Waals surface area contributed by atoms with Crippen molar-refractivity contribution in [2.24, 2.45) is 0 Å². The standard InChI is InChI=1S/C21H16N4O3/c26-20(13-25-14-23-19-4-2-1-3-18(19)21(25)27)24-15-5-7-16(8-6-15)28-17-9-11-22-12-10-17/h1-12,14H,13H2,(H,24,26). The van der Waals surface area contributed by atoms with Crippen molar-refractivity contribution < 1.29 is 9.53 Å². The summed E-state index contributed by atoms with van der Waals surface area (Å²) in [5.74, 6) is 0.996. The summed E-state index contributed by atoms with van der Waals surface area (Å²) in [5, 5.41) is 3.25. The molecule has 1 amide bonds. The smallest absolute Gasteiger partial charge is 0.261 e. The zero-order valence-electron chi connectivity index (χ0n) is 14.8. The van der Waals surface area contributed by atoms with E-state index >= 15 is 0 Å². The van der Waals surface area contributed by atoms with Crippen molar-refractivity contribution in [2.75, 3.05) is 5.32 Å². The number of carbonyl (C=O) groups is 1. The van der Waals surface area contributed by atoms with E-state index in [1.165, 1.54) is 10.9 Å². The molecule has 0 aliphatic carbocycles. The maximum Gasteiger partial charge on any atom is 0.261 e. The zero-order chi connectivity index (χ0) is 19.3. The topological polar surface area (TPSA) is 86.1 Å². The SMILES string of the molecule is O=C(Cn1cnc2ccccc2c1=O)Nc1ccc(Oc2ccncc2)cc1. The van der Waals surface area contributed by atoms with Crippen LogP contribution in [0.5, 0.6) is 11.5 Å². The van der Waals surface area contributed by atoms with E-state index in [9.17, 15) is 9.59 Å². The molecule has 0 bridgehead atoms. The molecule has 0 fully saturated rings. The van der Waals surface area contributed by atoms with Crippen molar-refractivity contribution in [1.82, 2.24) is 14.5 Å². The summed E-state index contributed by atoms with van der Waals surface area (Å²) >= 11 is 0. The maximum atomic E-state index is 12.5. The molecule has 0 unspecified atom stereocenters. The van der Waals surface area contributed by atoms with Crippen LogP contribution >= 0.6 is 0 Å². The van der Waals surface area contributed by atoms with Crippen molar-refractivity contribution in [1.29, 1.82) is 0 Å². The lowest BCUT2D eigenvalue weighted by atomic mass is 10.2. The van der Waals surface area contributed by atoms with E-state index in [2.05, 4.69) is 15.3 Å². The summed E-state index contributed by atoms with van der Waals surface area (Å²) in [4.78, 5) is 32.9. The summed E-state index contributed by atoms with van der Waals surface area (Å²) in [6.45, 7) is -0.119. The molecule has 4 rings (SSSR count). The van der Waals surface area contributed by atoms with E-state index in [1.807, 2.05) is 6.07 Å². The molecule has 2 heterocycles. The number of amides is 1. The zero-order valence-corrected chi connectivity index (χ0v) is 14.8. The molecule has 0 saturated heterocycles. The largest absolute Gasteiger partial charge is 0.457 e. The number of hydrogen-bond acceptors (Lipinski definition) is 5. The van der Waals surface area contributed by atoms with Crippen LogP contribution in [0.25, 0.3) is 10.9 Å². The van der Waals surface area contributed by atoms with E-state index in [4.69, 9.17) is 4.74 Å². The lowest BCUT2D eigenvalue weighted by Gasteiger charge is -2.09. The van der Waals surface area contributed by atoms with Crippen molar-refractivity contribution in [3.63, 3.8) is 0 Å². The molecule has 0 aliphatic heterocycles. The van der Waals surface area contributed by atoms with Crippen LogP contribution < -0.4 is 15.6 Å². The summed E-state index contributed by atoms with van der Waals surface area (Å²) in [6.07, 6.45) is 4.68. The molecule has 0 radical (unpaired) electrons. The highest BCUT2D eigenvalue weighted by Crippen LogP contribution is 2.22. The molecule has 28 heavy (non-hydrogen) atoms. The highest BCUT2D eigenvalue weighted by molar-refractivity contribution is 5.90. The molecule has 0 saturated carbocycles. The number of aromatic nitrogens is 3. The molecule has 0 aliphatic rings. The van der Waals surface area contributed by atoms with Crippen LogP contribution in [0.3, 0.4) is 0 Å². The van der Waals surface area contributed by atoms with Gasteiger partial charge in [-0.3, -0.25) is 19.1 Å². The van der Waals surface area contributed by atoms with Crippen LogP contribution in [0.2, 0.25) is 0 Å². The van der Waals surface area contributed by atoms with Gasteiger partial charge in [0.05, 0.1) is 17.2 Å². The van der Waals surface area contributed by atoms with Gasteiger partial charge in [-0.05, 0) is 48.5 Å². The van der Waals surface area contributed by atoms with Gasteiger partial charge in [-0.2, -0.15) is 0 Å². The van der Waals surface area contributed by atoms with Gasteiger partial charge in [0.1, 0.15) is 18.0 Å². The number of pyridine rings is 1. The van der Waals surface area contributed by atoms with Crippen LogP contribution in [0.15, 0.2) is 84.2 Å². The molecule has 7 nitrogen and oxygen atoms in total. The van der Waals surface area contributed by atoms with Crippen molar-refractivity contribution in [3.05, 3.63) is 89.7 Å². The Labute approximate surface area is 160 Å². The fraction of sp³-hybridized carbons (Fsp3) is 0.0476. The van der Waals surface area contributed by atoms with Gasteiger partial charge in [0.15, 0.2) is 0 Å². The van der Waals surface area contributed by atoms with Gasteiger partial charge in [-0.15, -0.1) is 0 Å². The molecule has 4 aromatic rings. The van der Waals surface area contributed by atoms with Crippen LogP contribution in [0.1, 0.15) is 0 Å². The fourth-order valence-corrected chi connectivity index (χ4v) is 2.72. The fourth-order valence-electron chi connectivity index (χ4n) is 2.72. The van der Waals surface area contributed by atoms with Gasteiger partial charge in [0, 0.05) is 18.1 Å². The lowest BCUT2D eigenvalue weighted by molar-refractivity contribution is -0.116. The average Bonchev–Trinajstić information content (AvgIpc) is 2.72. The maximum absolute atomic E-state index is 12.5. The lowest BCUT2D eigenvalue weighted by Crippen LogP contribution is -2.27. The van der Waals surface area contributed by atoms with Gasteiger partial charge in [-0.25, -0.2) is 4.98 Å². The highest BCUT2D eigenvalue weighted by Gasteiger charge is 2.08. The third kappa shape index (κ3) is 3.88. The number of anilines is 1. The molecule has 0 atom stereocenters. The normalized spacial score (nSPS) is 10.6. The molecule has 2 aromatic carbocycles. The Hall–Kier alpha value is -4.00. The predicted octanol–water partition coefficient (Wildman–Crippen LogP) is 3.22. The first-order chi connectivity index (χ1) is 13.7. The highest BCUT2D eigenvalue weighted by atomic mass is 16.5. The van der Waals surface area contributed by atoms with Crippen LogP contribution in [-0.2, 0) is 11.3 Å². The molecule has 0 spiro atoms. The predicted molar refractivity (Wildman–Crippen MR) is 105 cm³/mol. The van der Waals surface area contributed by atoms with Gasteiger partial charge >= 0.3 is 0 Å². The Morgan fingerprint density at radius 1 is 0.964 bits per heavy atom. The number of rotatable bonds is 5. The van der Waals surface area contributed by atoms with Crippen molar-refractivity contribution in [3.8, 4) is 11.5 Å². The second-order valence-corrected chi connectivity index (χ2v) is 6.05. The van der Waals surface area contributed by atoms with E-state index in [0.717, 1.165) is 0 Å². The van der Waals surface area contributed by atoms with Crippen LogP contribution in [-0.4, -0.2) is 20.4 Å². The number of hydrogen-bond donors (Lipinski definition) is 1. The average molecular weight is 372 g/mol. The van der Waals surface area contributed by atoms with Crippen LogP contribution in [0, 0.1) is 0 Å². The number of benzene rings is 2. The third-order valence-electron chi connectivity index (χ3n) is 4.07. The van der Waals surface area contributed by atoms with E-state index < -0.39 is 0 Å². The minimum atomic E-state index is -0.318. The summed E-state index contributed by atoms with van der Waals surface area (Å²) in [5.41, 5.74) is 0.963. The van der Waals surface area contributed by atoms with Crippen molar-refractivity contribution >= 4 is 22.5 Å². The summed E-state index contributed by atoms with van der Waals surface area (Å²) in [7, 11) is 0. The quantitative estimate of drug-likeness (QED) is 0.581. The number of ether oxygens (including phenoxy) is 1. The van der Waals surface area contributed by atoms with Crippen LogP contribution in [0.4, 0.5) is 5.69 Å². The summed E-state index contributed by atoms with van der Waals surface area (Å²) < 4.78 is 6.97. The Bertz CT molecular complexity index is 1170. The number of para-hydroxylation sites is 1. The molecular weight excluding hydrogens is 356 g/mol. The van der Waals surface area contributed by atoms with Crippen molar-refractivity contribution in [2.45, 2.75) is 6.54 Å². The Kier molecular flexibility index (Phi) is 4.79. The van der Waals surface area contributed by atoms with Gasteiger partial charge in [-0.1, -0.05) is 12.1 Å². The second kappa shape index (κ2) is 7.71. The van der Waals surface area contributed by atoms with E-state index in [-0.39, 0.29) is 18.0 Å². The second-order valence-electron chi connectivity index (χ2n) is 6.05. The molecule has 138 valence electrons. The molecule has 1 N–H and O–H groups in total. The number of carbonyl (C=O) groups excluding carboxylic acids is 1. The Balaban J connectivity index is 1.43. The van der Waals surface area contributed by atoms with Gasteiger partial charge in [0.2, 0.25) is 5.91 Å². The first-order valence-corrected chi connectivity index (χ1v) is 8.61. The molecule has 2 aromatic heterocycles. The Morgan fingerprint density at radius 2 is 1.68 bits per heavy atom. The number of nitrogens with one attached hydrogen (secondary N) is 1. The first-order valence-electron chi connectivity index (χ1n) is 8.61. The number of fused-ring (bicyclic) bond motifs is 1. The first kappa shape index (κ1) is 17.4. The van der Waals surface area contributed by atoms with E-state index in [1.54, 1.807) is 67.0 Å². The summed E-state index contributed by atoms with van der Waals surface area (Å²) in [6, 6.07) is 17.5. The molecular formula is C21H16N4O3. The number of nitrogens with zero attached hydrogens (tertiary/aromatic N) is 3. The third-order valence-corrected chi connectivity index (χ3v) is 4.07. The minimum absolute atomic E-state index is 0.119. The van der Waals surface area contributed by atoms with Gasteiger partial charge in [0.25, 0.3) is 5.56 Å². The minimum Gasteiger partial charge on any atom is -0.457 e. The molecule has 7 heteroatoms.